The lowest BCUT2D eigenvalue weighted by Crippen LogP contribution is -2.32. The highest BCUT2D eigenvalue weighted by molar-refractivity contribution is 5.99. The fraction of sp³-hybridized carbons (Fsp3) is 0.317. The highest BCUT2D eigenvalue weighted by Crippen LogP contribution is 2.35. The van der Waals surface area contributed by atoms with Crippen LogP contribution < -0.4 is 24.3 Å². The highest BCUT2D eigenvalue weighted by Gasteiger charge is 2.34. The van der Waals surface area contributed by atoms with Gasteiger partial charge in [0.15, 0.2) is 0 Å². The van der Waals surface area contributed by atoms with Crippen LogP contribution in [0.4, 0.5) is 18.9 Å². The molecule has 1 N–H and O–H groups in total. The number of benzene rings is 4. The molecule has 0 aliphatic heterocycles. The number of amides is 2. The summed E-state index contributed by atoms with van der Waals surface area (Å²) in [6.45, 7) is 2.56. The fourth-order valence-corrected chi connectivity index (χ4v) is 5.54. The number of carbonyl (C=O) groups excluding carboxylic acids is 4. The van der Waals surface area contributed by atoms with Crippen LogP contribution in [0.3, 0.4) is 0 Å². The second-order valence-corrected chi connectivity index (χ2v) is 12.3. The van der Waals surface area contributed by atoms with Gasteiger partial charge in [0.05, 0.1) is 50.5 Å². The third-order valence-corrected chi connectivity index (χ3v) is 8.39. The van der Waals surface area contributed by atoms with Crippen LogP contribution in [0.1, 0.15) is 76.4 Å². The van der Waals surface area contributed by atoms with Gasteiger partial charge in [-0.15, -0.1) is 0 Å². The summed E-state index contributed by atoms with van der Waals surface area (Å²) < 4.78 is 62.4. The zero-order valence-corrected chi connectivity index (χ0v) is 30.4. The van der Waals surface area contributed by atoms with Crippen LogP contribution in [0.25, 0.3) is 0 Å². The Labute approximate surface area is 312 Å². The molecule has 4 rings (SSSR count). The van der Waals surface area contributed by atoms with E-state index in [1.165, 1.54) is 68.7 Å². The Morgan fingerprint density at radius 2 is 1.48 bits per heavy atom. The van der Waals surface area contributed by atoms with Gasteiger partial charge in [-0.3, -0.25) is 9.59 Å². The number of alkyl halides is 3. The Bertz CT molecular complexity index is 1880. The van der Waals surface area contributed by atoms with Crippen molar-refractivity contribution in [3.05, 3.63) is 113 Å². The van der Waals surface area contributed by atoms with E-state index in [1.54, 1.807) is 48.5 Å². The largest absolute Gasteiger partial charge is 0.497 e. The van der Waals surface area contributed by atoms with Crippen molar-refractivity contribution in [2.75, 3.05) is 32.7 Å². The molecule has 54 heavy (non-hydrogen) atoms. The van der Waals surface area contributed by atoms with Crippen LogP contribution in [0.15, 0.2) is 84.9 Å². The first-order chi connectivity index (χ1) is 25.9. The van der Waals surface area contributed by atoms with Crippen LogP contribution >= 0.6 is 0 Å². The minimum Gasteiger partial charge on any atom is -0.497 e. The van der Waals surface area contributed by atoms with Gasteiger partial charge in [-0.2, -0.15) is 13.2 Å². The van der Waals surface area contributed by atoms with Crippen molar-refractivity contribution in [3.8, 4) is 23.0 Å². The predicted octanol–water partition coefficient (Wildman–Crippen LogP) is 8.31. The van der Waals surface area contributed by atoms with E-state index >= 15 is 0 Å². The van der Waals surface area contributed by atoms with Crippen molar-refractivity contribution in [2.45, 2.75) is 58.2 Å². The Balaban J connectivity index is 1.36. The summed E-state index contributed by atoms with van der Waals surface area (Å²) in [4.78, 5) is 51.9. The van der Waals surface area contributed by atoms with Crippen LogP contribution in [-0.4, -0.2) is 56.3 Å². The van der Waals surface area contributed by atoms with Gasteiger partial charge in [0.25, 0.3) is 5.91 Å². The molecule has 2 amide bonds. The molecule has 0 radical (unpaired) electrons. The van der Waals surface area contributed by atoms with Gasteiger partial charge in [-0.1, -0.05) is 50.8 Å². The maximum absolute atomic E-state index is 13.6. The van der Waals surface area contributed by atoms with Gasteiger partial charge >= 0.3 is 12.1 Å². The number of nitrogens with one attached hydrogen (secondary N) is 1. The van der Waals surface area contributed by atoms with Crippen molar-refractivity contribution in [3.63, 3.8) is 0 Å². The lowest BCUT2D eigenvalue weighted by atomic mass is 10.0. The van der Waals surface area contributed by atoms with E-state index in [0.717, 1.165) is 18.9 Å². The lowest BCUT2D eigenvalue weighted by molar-refractivity contribution is -0.138. The van der Waals surface area contributed by atoms with Crippen molar-refractivity contribution in [1.82, 2.24) is 4.90 Å². The summed E-state index contributed by atoms with van der Waals surface area (Å²) in [5, 5.41) is 2.54. The first-order valence-electron chi connectivity index (χ1n) is 17.4. The molecule has 13 heteroatoms. The van der Waals surface area contributed by atoms with E-state index < -0.39 is 35.9 Å². The molecule has 0 aliphatic rings. The van der Waals surface area contributed by atoms with Crippen LogP contribution in [0.2, 0.25) is 0 Å². The molecule has 0 heterocycles. The molecule has 0 aromatic heterocycles. The maximum atomic E-state index is 13.6. The second-order valence-electron chi connectivity index (χ2n) is 12.3. The normalized spacial score (nSPS) is 11.0. The van der Waals surface area contributed by atoms with Gasteiger partial charge in [-0.25, -0.2) is 4.79 Å². The Kier molecular flexibility index (Phi) is 15.0. The number of carbonyl (C=O) groups is 4. The van der Waals surface area contributed by atoms with Crippen molar-refractivity contribution in [1.29, 1.82) is 0 Å². The highest BCUT2D eigenvalue weighted by atomic mass is 19.4. The number of methoxy groups -OCH3 is 2. The molecule has 0 fully saturated rings. The van der Waals surface area contributed by atoms with Crippen LogP contribution in [0, 0.1) is 0 Å². The number of aldehydes is 1. The third kappa shape index (κ3) is 11.8. The van der Waals surface area contributed by atoms with Gasteiger partial charge in [-0.05, 0) is 78.2 Å². The molecule has 4 aromatic rings. The van der Waals surface area contributed by atoms with Crippen molar-refractivity contribution < 1.29 is 51.3 Å². The number of rotatable bonds is 19. The molecule has 0 atom stereocenters. The van der Waals surface area contributed by atoms with Crippen LogP contribution in [0.5, 0.6) is 23.0 Å². The number of nitrogens with zero attached hydrogens (tertiary/aromatic N) is 1. The Morgan fingerprint density at radius 3 is 2.13 bits per heavy atom. The van der Waals surface area contributed by atoms with E-state index in [2.05, 4.69) is 12.2 Å². The molecular formula is C41H43F3N2O8. The quantitative estimate of drug-likeness (QED) is 0.0440. The zero-order chi connectivity index (χ0) is 39.1. The van der Waals surface area contributed by atoms with Gasteiger partial charge in [0, 0.05) is 18.3 Å². The first kappa shape index (κ1) is 40.9. The number of halogens is 3. The molecule has 0 saturated carbocycles. The minimum absolute atomic E-state index is 0.00454. The van der Waals surface area contributed by atoms with Crippen molar-refractivity contribution in [2.24, 2.45) is 0 Å². The lowest BCUT2D eigenvalue weighted by Gasteiger charge is -2.22. The van der Waals surface area contributed by atoms with Crippen LogP contribution in [-0.2, 0) is 28.7 Å². The molecule has 0 saturated heterocycles. The standard InChI is InChI=1S/C41H43F3N2O8/c1-4-5-6-7-8-23-53-32-17-11-29(12-18-32)40(50)54-33-15-9-28(10-16-33)27-46(21-22-47)39(49)35-20-14-31(25-37(35)52-3)45-38(48)24-30-13-19-34(51-2)26-36(30)41(42,43)44/h9-20,22,25-26H,4-8,21,23-24,27H2,1-3H3,(H,45,48). The summed E-state index contributed by atoms with van der Waals surface area (Å²) in [5.41, 5.74) is 0.0253. The summed E-state index contributed by atoms with van der Waals surface area (Å²) in [6.07, 6.45) is 0.974. The minimum atomic E-state index is -4.70. The Morgan fingerprint density at radius 1 is 0.796 bits per heavy atom. The van der Waals surface area contributed by atoms with Gasteiger partial charge in [0.2, 0.25) is 5.91 Å². The number of hydrogen-bond donors (Lipinski definition) is 1. The van der Waals surface area contributed by atoms with E-state index in [9.17, 15) is 32.3 Å². The zero-order valence-electron chi connectivity index (χ0n) is 30.4. The summed E-state index contributed by atoms with van der Waals surface area (Å²) in [5.74, 6) is -0.800. The number of hydrogen-bond acceptors (Lipinski definition) is 8. The average Bonchev–Trinajstić information content (AvgIpc) is 3.16. The number of anilines is 1. The number of unbranched alkanes of at least 4 members (excludes halogenated alkanes) is 4. The molecule has 0 bridgehead atoms. The molecule has 0 spiro atoms. The summed E-state index contributed by atoms with van der Waals surface area (Å²) in [6, 6.07) is 20.7. The van der Waals surface area contributed by atoms with Gasteiger partial charge < -0.3 is 34.0 Å². The maximum Gasteiger partial charge on any atom is 0.416 e. The molecule has 4 aromatic carbocycles. The average molecular weight is 749 g/mol. The summed E-state index contributed by atoms with van der Waals surface area (Å²) >= 11 is 0. The molecular weight excluding hydrogens is 705 g/mol. The summed E-state index contributed by atoms with van der Waals surface area (Å²) in [7, 11) is 2.56. The van der Waals surface area contributed by atoms with E-state index in [-0.39, 0.29) is 47.2 Å². The second kappa shape index (κ2) is 19.8. The smallest absolute Gasteiger partial charge is 0.416 e. The molecule has 0 unspecified atom stereocenters. The number of esters is 1. The van der Waals surface area contributed by atoms with E-state index in [4.69, 9.17) is 18.9 Å². The van der Waals surface area contributed by atoms with Crippen molar-refractivity contribution >= 4 is 29.8 Å². The third-order valence-electron chi connectivity index (χ3n) is 8.39. The predicted molar refractivity (Wildman–Crippen MR) is 196 cm³/mol. The van der Waals surface area contributed by atoms with E-state index in [0.29, 0.717) is 29.8 Å². The molecule has 286 valence electrons. The van der Waals surface area contributed by atoms with Gasteiger partial charge in [0.1, 0.15) is 29.3 Å². The van der Waals surface area contributed by atoms with E-state index in [1.807, 2.05) is 0 Å². The Hall–Kier alpha value is -5.85. The molecule has 10 nitrogen and oxygen atoms in total. The SMILES string of the molecule is CCCCCCCOc1ccc(C(=O)Oc2ccc(CN(CC=O)C(=O)c3ccc(NC(=O)Cc4ccc(OC)cc4C(F)(F)F)cc3OC)cc2)cc1. The number of ether oxygens (including phenoxy) is 4. The fourth-order valence-electron chi connectivity index (χ4n) is 5.54. The first-order valence-corrected chi connectivity index (χ1v) is 17.4. The molecule has 0 aliphatic carbocycles. The topological polar surface area (TPSA) is 120 Å². The monoisotopic (exact) mass is 748 g/mol.